The number of para-hydroxylation sites is 1. The van der Waals surface area contributed by atoms with Gasteiger partial charge in [0.15, 0.2) is 0 Å². The lowest BCUT2D eigenvalue weighted by molar-refractivity contribution is 0.0926. The second-order valence-corrected chi connectivity index (χ2v) is 5.87. The first-order valence-corrected chi connectivity index (χ1v) is 8.25. The summed E-state index contributed by atoms with van der Waals surface area (Å²) in [4.78, 5) is 38.0. The van der Waals surface area contributed by atoms with E-state index in [0.717, 1.165) is 4.90 Å². The summed E-state index contributed by atoms with van der Waals surface area (Å²) in [6.45, 7) is 0. The number of carbonyl (C=O) groups excluding carboxylic acids is 3. The molecule has 0 bridgehead atoms. The number of carbonyl (C=O) groups is 3. The van der Waals surface area contributed by atoms with Crippen LogP contribution in [0.3, 0.4) is 0 Å². The largest absolute Gasteiger partial charge is 0.417 e. The Balaban J connectivity index is 1.48. The molecule has 1 aliphatic rings. The number of nitrogens with zero attached hydrogens (tertiary/aromatic N) is 1. The maximum Gasteiger partial charge on any atom is 0.417 e. The van der Waals surface area contributed by atoms with Gasteiger partial charge < -0.3 is 4.74 Å². The van der Waals surface area contributed by atoms with Gasteiger partial charge in [-0.1, -0.05) is 30.3 Å². The molecule has 3 aromatic carbocycles. The zero-order chi connectivity index (χ0) is 18.8. The molecule has 0 aliphatic carbocycles. The van der Waals surface area contributed by atoms with Gasteiger partial charge in [-0.25, -0.2) is 9.69 Å². The second-order valence-electron chi connectivity index (χ2n) is 5.87. The highest BCUT2D eigenvalue weighted by atomic mass is 16.6. The standard InChI is InChI=1S/C21H14N2O4/c24-19-17-8-4-5-9-18(17)20(25)23(19)15-12-10-14(11-13-15)22-21(26)27-16-6-2-1-3-7-16/h1-13H,(H,22,26). The summed E-state index contributed by atoms with van der Waals surface area (Å²) in [6.07, 6.45) is -0.630. The van der Waals surface area contributed by atoms with Crippen molar-refractivity contribution < 1.29 is 19.1 Å². The fourth-order valence-electron chi connectivity index (χ4n) is 2.86. The average molecular weight is 358 g/mol. The number of benzene rings is 3. The molecule has 3 amide bonds. The Morgan fingerprint density at radius 2 is 1.30 bits per heavy atom. The number of amides is 3. The Hall–Kier alpha value is -3.93. The van der Waals surface area contributed by atoms with Crippen LogP contribution in [0.15, 0.2) is 78.9 Å². The molecule has 6 heteroatoms. The Labute approximate surface area is 155 Å². The maximum absolute atomic E-state index is 12.5. The number of hydrogen-bond donors (Lipinski definition) is 1. The summed E-state index contributed by atoms with van der Waals surface area (Å²) in [6, 6.07) is 21.8. The van der Waals surface area contributed by atoms with Crippen LogP contribution in [-0.4, -0.2) is 17.9 Å². The van der Waals surface area contributed by atoms with E-state index < -0.39 is 6.09 Å². The van der Waals surface area contributed by atoms with Crippen LogP contribution < -0.4 is 15.0 Å². The summed E-state index contributed by atoms with van der Waals surface area (Å²) in [7, 11) is 0. The lowest BCUT2D eigenvalue weighted by Crippen LogP contribution is -2.29. The lowest BCUT2D eigenvalue weighted by Gasteiger charge is -2.14. The molecule has 4 rings (SSSR count). The molecule has 27 heavy (non-hydrogen) atoms. The minimum Gasteiger partial charge on any atom is -0.410 e. The molecule has 132 valence electrons. The second kappa shape index (κ2) is 6.76. The fraction of sp³-hybridized carbons (Fsp3) is 0. The minimum atomic E-state index is -0.630. The van der Waals surface area contributed by atoms with Gasteiger partial charge in [0.2, 0.25) is 0 Å². The van der Waals surface area contributed by atoms with Gasteiger partial charge in [0.1, 0.15) is 5.75 Å². The number of hydrogen-bond acceptors (Lipinski definition) is 4. The summed E-state index contributed by atoms with van der Waals surface area (Å²) in [5.74, 6) is -0.294. The highest BCUT2D eigenvalue weighted by molar-refractivity contribution is 6.34. The monoisotopic (exact) mass is 358 g/mol. The van der Waals surface area contributed by atoms with E-state index in [-0.39, 0.29) is 11.8 Å². The Morgan fingerprint density at radius 1 is 0.741 bits per heavy atom. The molecular weight excluding hydrogens is 344 g/mol. The number of ether oxygens (including phenoxy) is 1. The third kappa shape index (κ3) is 3.16. The molecule has 3 aromatic rings. The minimum absolute atomic E-state index is 0.361. The van der Waals surface area contributed by atoms with Crippen molar-refractivity contribution in [2.24, 2.45) is 0 Å². The maximum atomic E-state index is 12.5. The third-order valence-electron chi connectivity index (χ3n) is 4.12. The van der Waals surface area contributed by atoms with Gasteiger partial charge in [0, 0.05) is 5.69 Å². The third-order valence-corrected chi connectivity index (χ3v) is 4.12. The normalized spacial score (nSPS) is 12.7. The number of imide groups is 1. The highest BCUT2D eigenvalue weighted by Gasteiger charge is 2.36. The average Bonchev–Trinajstić information content (AvgIpc) is 2.94. The Morgan fingerprint density at radius 3 is 1.89 bits per heavy atom. The molecule has 0 spiro atoms. The topological polar surface area (TPSA) is 75.7 Å². The summed E-state index contributed by atoms with van der Waals surface area (Å²) < 4.78 is 5.16. The van der Waals surface area contributed by atoms with Crippen molar-refractivity contribution >= 4 is 29.3 Å². The van der Waals surface area contributed by atoms with Crippen LogP contribution in [0.4, 0.5) is 16.2 Å². The molecular formula is C21H14N2O4. The van der Waals surface area contributed by atoms with Crippen molar-refractivity contribution in [3.8, 4) is 5.75 Å². The quantitative estimate of drug-likeness (QED) is 0.715. The fourth-order valence-corrected chi connectivity index (χ4v) is 2.86. The molecule has 0 saturated heterocycles. The first-order valence-electron chi connectivity index (χ1n) is 8.25. The van der Waals surface area contributed by atoms with Gasteiger partial charge in [-0.3, -0.25) is 14.9 Å². The number of nitrogens with one attached hydrogen (secondary N) is 1. The number of rotatable bonds is 3. The number of fused-ring (bicyclic) bond motifs is 1. The van der Waals surface area contributed by atoms with Crippen molar-refractivity contribution in [1.82, 2.24) is 0 Å². The van der Waals surface area contributed by atoms with Crippen molar-refractivity contribution in [1.29, 1.82) is 0 Å². The predicted octanol–water partition coefficient (Wildman–Crippen LogP) is 4.10. The first-order chi connectivity index (χ1) is 13.1. The van der Waals surface area contributed by atoms with Gasteiger partial charge in [0.25, 0.3) is 11.8 Å². The molecule has 0 aromatic heterocycles. The van der Waals surface area contributed by atoms with Gasteiger partial charge in [-0.15, -0.1) is 0 Å². The predicted molar refractivity (Wildman–Crippen MR) is 100 cm³/mol. The summed E-state index contributed by atoms with van der Waals surface area (Å²) in [5.41, 5.74) is 1.69. The van der Waals surface area contributed by atoms with Crippen LogP contribution in [-0.2, 0) is 0 Å². The SMILES string of the molecule is O=C(Nc1ccc(N2C(=O)c3ccccc3C2=O)cc1)Oc1ccccc1. The van der Waals surface area contributed by atoms with Crippen LogP contribution in [0.1, 0.15) is 20.7 Å². The van der Waals surface area contributed by atoms with Gasteiger partial charge in [0.05, 0.1) is 16.8 Å². The van der Waals surface area contributed by atoms with Crippen molar-refractivity contribution in [3.05, 3.63) is 90.0 Å². The zero-order valence-electron chi connectivity index (χ0n) is 14.1. The van der Waals surface area contributed by atoms with E-state index in [2.05, 4.69) is 5.32 Å². The molecule has 6 nitrogen and oxygen atoms in total. The molecule has 1 N–H and O–H groups in total. The van der Waals surface area contributed by atoms with Gasteiger partial charge >= 0.3 is 6.09 Å². The molecule has 0 atom stereocenters. The van der Waals surface area contributed by atoms with Crippen LogP contribution in [0, 0.1) is 0 Å². The lowest BCUT2D eigenvalue weighted by atomic mass is 10.1. The first kappa shape index (κ1) is 16.5. The van der Waals surface area contributed by atoms with E-state index >= 15 is 0 Å². The molecule has 0 fully saturated rings. The van der Waals surface area contributed by atoms with Crippen LogP contribution in [0.5, 0.6) is 5.75 Å². The van der Waals surface area contributed by atoms with Gasteiger partial charge in [-0.05, 0) is 48.5 Å². The van der Waals surface area contributed by atoms with E-state index in [4.69, 9.17) is 4.74 Å². The van der Waals surface area contributed by atoms with Crippen LogP contribution in [0.25, 0.3) is 0 Å². The zero-order valence-corrected chi connectivity index (χ0v) is 14.1. The highest BCUT2D eigenvalue weighted by Crippen LogP contribution is 2.29. The smallest absolute Gasteiger partial charge is 0.410 e. The molecule has 1 heterocycles. The summed E-state index contributed by atoms with van der Waals surface area (Å²) in [5, 5.41) is 2.60. The molecule has 0 saturated carbocycles. The van der Waals surface area contributed by atoms with E-state index in [9.17, 15) is 14.4 Å². The molecule has 1 aliphatic heterocycles. The Bertz CT molecular complexity index is 995. The van der Waals surface area contributed by atoms with Crippen molar-refractivity contribution in [3.63, 3.8) is 0 Å². The summed E-state index contributed by atoms with van der Waals surface area (Å²) >= 11 is 0. The Kier molecular flexibility index (Phi) is 4.14. The van der Waals surface area contributed by atoms with E-state index in [1.165, 1.54) is 0 Å². The van der Waals surface area contributed by atoms with Crippen LogP contribution >= 0.6 is 0 Å². The molecule has 0 radical (unpaired) electrons. The van der Waals surface area contributed by atoms with Crippen LogP contribution in [0.2, 0.25) is 0 Å². The van der Waals surface area contributed by atoms with E-state index in [1.54, 1.807) is 72.8 Å². The van der Waals surface area contributed by atoms with E-state index in [0.29, 0.717) is 28.3 Å². The number of anilines is 2. The van der Waals surface area contributed by atoms with Crippen molar-refractivity contribution in [2.75, 3.05) is 10.2 Å². The van der Waals surface area contributed by atoms with Crippen molar-refractivity contribution in [2.45, 2.75) is 0 Å². The molecule has 0 unspecified atom stereocenters. The van der Waals surface area contributed by atoms with Gasteiger partial charge in [-0.2, -0.15) is 0 Å². The van der Waals surface area contributed by atoms with E-state index in [1.807, 2.05) is 6.07 Å².